The maximum atomic E-state index is 9.00. The normalized spacial score (nSPS) is 13.1. The fraction of sp³-hybridized carbons (Fsp3) is 0.556. The minimum absolute atomic E-state index is 0. The molecule has 8 heteroatoms. The predicted octanol–water partition coefficient (Wildman–Crippen LogP) is 1.80. The number of hydrogen-bond acceptors (Lipinski definition) is 7. The van der Waals surface area contributed by atoms with Gasteiger partial charge in [0.25, 0.3) is 0 Å². The van der Waals surface area contributed by atoms with Crippen LogP contribution < -0.4 is 10.6 Å². The molecule has 26 heavy (non-hydrogen) atoms. The molecule has 1 aromatic heterocycles. The molecule has 1 aromatic rings. The van der Waals surface area contributed by atoms with Crippen molar-refractivity contribution in [2.75, 3.05) is 39.3 Å². The van der Waals surface area contributed by atoms with E-state index in [4.69, 9.17) is 14.9 Å². The summed E-state index contributed by atoms with van der Waals surface area (Å²) in [6.07, 6.45) is 0. The van der Waals surface area contributed by atoms with E-state index < -0.39 is 0 Å². The lowest BCUT2D eigenvalue weighted by atomic mass is 10.3. The Balaban J connectivity index is 0.00000338. The van der Waals surface area contributed by atoms with E-state index in [0.29, 0.717) is 12.4 Å². The molecule has 1 aliphatic heterocycles. The molecule has 0 aromatic carbocycles. The molecule has 1 aliphatic rings. The van der Waals surface area contributed by atoms with Crippen molar-refractivity contribution in [3.8, 4) is 12.1 Å². The first-order valence-corrected chi connectivity index (χ1v) is 8.75. The molecule has 142 valence electrons. The van der Waals surface area contributed by atoms with Gasteiger partial charge in [-0.3, -0.25) is 4.90 Å². The van der Waals surface area contributed by atoms with Gasteiger partial charge in [-0.05, 0) is 25.2 Å². The maximum Gasteiger partial charge on any atom is 0.169 e. The third kappa shape index (κ3) is 5.96. The van der Waals surface area contributed by atoms with Crippen molar-refractivity contribution in [2.24, 2.45) is 0 Å². The Morgan fingerprint density at radius 2 is 1.96 bits per heavy atom. The molecule has 0 saturated carbocycles. The molecule has 0 unspecified atom stereocenters. The summed E-state index contributed by atoms with van der Waals surface area (Å²) in [5, 5.41) is 24.5. The maximum absolute atomic E-state index is 9.00. The Morgan fingerprint density at radius 3 is 2.62 bits per heavy atom. The van der Waals surface area contributed by atoms with E-state index in [9.17, 15) is 0 Å². The number of nitrogens with zero attached hydrogens (tertiary/aromatic N) is 4. The lowest BCUT2D eigenvalue weighted by Crippen LogP contribution is -2.30. The van der Waals surface area contributed by atoms with Gasteiger partial charge in [0, 0.05) is 26.2 Å². The van der Waals surface area contributed by atoms with Crippen LogP contribution in [-0.2, 0) is 13.1 Å². The molecule has 2 heterocycles. The van der Waals surface area contributed by atoms with Crippen LogP contribution in [0.3, 0.4) is 0 Å². The highest BCUT2D eigenvalue weighted by Crippen LogP contribution is 2.12. The Labute approximate surface area is 161 Å². The zero-order chi connectivity index (χ0) is 18.1. The molecule has 2 rings (SSSR count). The van der Waals surface area contributed by atoms with E-state index in [-0.39, 0.29) is 18.0 Å². The second kappa shape index (κ2) is 11.4. The second-order valence-corrected chi connectivity index (χ2v) is 5.87. The highest BCUT2D eigenvalue weighted by atomic mass is 35.5. The highest BCUT2D eigenvalue weighted by molar-refractivity contribution is 5.85. The van der Waals surface area contributed by atoms with Crippen LogP contribution in [0, 0.1) is 22.7 Å². The zero-order valence-electron chi connectivity index (χ0n) is 15.4. The van der Waals surface area contributed by atoms with Crippen molar-refractivity contribution < 1.29 is 4.42 Å². The molecule has 0 radical (unpaired) electrons. The first-order valence-electron chi connectivity index (χ1n) is 8.75. The molecule has 0 spiro atoms. The molecule has 1 fully saturated rings. The molecule has 7 nitrogen and oxygen atoms in total. The average Bonchev–Trinajstić information content (AvgIpc) is 3.27. The standard InChI is InChI=1S/C18H26N6O.ClH/c1-3-23(4-2)14-17-6-5-16(25-17)13-21-7-9-24-10-8-22-18(24)15(11-19)12-20;/h5-6,21-22H,3-4,7-10,13-14H2,1-2H3;1H. The third-order valence-corrected chi connectivity index (χ3v) is 4.30. The van der Waals surface area contributed by atoms with E-state index in [2.05, 4.69) is 29.4 Å². The summed E-state index contributed by atoms with van der Waals surface area (Å²) < 4.78 is 5.86. The summed E-state index contributed by atoms with van der Waals surface area (Å²) in [5.74, 6) is 2.56. The average molecular weight is 379 g/mol. The minimum atomic E-state index is 0. The van der Waals surface area contributed by atoms with Crippen LogP contribution in [0.5, 0.6) is 0 Å². The van der Waals surface area contributed by atoms with Crippen molar-refractivity contribution in [1.29, 1.82) is 10.5 Å². The Hall–Kier alpha value is -2.19. The van der Waals surface area contributed by atoms with Crippen molar-refractivity contribution in [2.45, 2.75) is 26.9 Å². The van der Waals surface area contributed by atoms with Crippen LogP contribution in [0.2, 0.25) is 0 Å². The predicted molar refractivity (Wildman–Crippen MR) is 102 cm³/mol. The highest BCUT2D eigenvalue weighted by Gasteiger charge is 2.20. The van der Waals surface area contributed by atoms with E-state index in [1.54, 1.807) is 0 Å². The number of allylic oxidation sites excluding steroid dienone is 1. The molecular formula is C18H27ClN6O. The van der Waals surface area contributed by atoms with Gasteiger partial charge in [0.05, 0.1) is 13.1 Å². The van der Waals surface area contributed by atoms with Gasteiger partial charge < -0.3 is 20.0 Å². The summed E-state index contributed by atoms with van der Waals surface area (Å²) >= 11 is 0. The number of nitriles is 2. The molecule has 1 saturated heterocycles. The van der Waals surface area contributed by atoms with Crippen molar-refractivity contribution in [1.82, 2.24) is 20.4 Å². The molecule has 0 atom stereocenters. The first kappa shape index (κ1) is 21.9. The molecule has 0 amide bonds. The number of furan rings is 1. The molecule has 2 N–H and O–H groups in total. The van der Waals surface area contributed by atoms with E-state index >= 15 is 0 Å². The van der Waals surface area contributed by atoms with Crippen LogP contribution in [0.15, 0.2) is 27.9 Å². The van der Waals surface area contributed by atoms with E-state index in [1.807, 2.05) is 29.2 Å². The monoisotopic (exact) mass is 378 g/mol. The van der Waals surface area contributed by atoms with Crippen LogP contribution in [0.25, 0.3) is 0 Å². The fourth-order valence-corrected chi connectivity index (χ4v) is 2.83. The smallest absolute Gasteiger partial charge is 0.169 e. The van der Waals surface area contributed by atoms with Gasteiger partial charge in [0.1, 0.15) is 29.5 Å². The van der Waals surface area contributed by atoms with Gasteiger partial charge in [0.2, 0.25) is 0 Å². The van der Waals surface area contributed by atoms with Gasteiger partial charge in [-0.1, -0.05) is 13.8 Å². The summed E-state index contributed by atoms with van der Waals surface area (Å²) in [5.41, 5.74) is 0.143. The lowest BCUT2D eigenvalue weighted by Gasteiger charge is -2.18. The quantitative estimate of drug-likeness (QED) is 0.500. The van der Waals surface area contributed by atoms with Crippen molar-refractivity contribution in [3.63, 3.8) is 0 Å². The number of nitrogens with one attached hydrogen (secondary N) is 2. The Kier molecular flexibility index (Phi) is 9.61. The van der Waals surface area contributed by atoms with Gasteiger partial charge in [0.15, 0.2) is 5.57 Å². The first-order chi connectivity index (χ1) is 12.2. The second-order valence-electron chi connectivity index (χ2n) is 5.87. The third-order valence-electron chi connectivity index (χ3n) is 4.30. The fourth-order valence-electron chi connectivity index (χ4n) is 2.83. The van der Waals surface area contributed by atoms with Crippen molar-refractivity contribution >= 4 is 12.4 Å². The van der Waals surface area contributed by atoms with Crippen molar-refractivity contribution in [3.05, 3.63) is 35.0 Å². The van der Waals surface area contributed by atoms with E-state index in [0.717, 1.165) is 57.3 Å². The number of hydrogen-bond donors (Lipinski definition) is 2. The number of halogens is 1. The van der Waals surface area contributed by atoms with Gasteiger partial charge in [-0.15, -0.1) is 12.4 Å². The Morgan fingerprint density at radius 1 is 1.27 bits per heavy atom. The minimum Gasteiger partial charge on any atom is -0.463 e. The van der Waals surface area contributed by atoms with Gasteiger partial charge in [-0.25, -0.2) is 0 Å². The summed E-state index contributed by atoms with van der Waals surface area (Å²) in [4.78, 5) is 4.34. The van der Waals surface area contributed by atoms with Crippen LogP contribution >= 0.6 is 12.4 Å². The summed E-state index contributed by atoms with van der Waals surface area (Å²) in [6.45, 7) is 10.9. The Bertz CT molecular complexity index is 652. The topological polar surface area (TPSA) is 91.3 Å². The summed E-state index contributed by atoms with van der Waals surface area (Å²) in [6, 6.07) is 7.93. The van der Waals surface area contributed by atoms with Gasteiger partial charge >= 0.3 is 0 Å². The van der Waals surface area contributed by atoms with Gasteiger partial charge in [-0.2, -0.15) is 10.5 Å². The SMILES string of the molecule is CCN(CC)Cc1ccc(CNCCN2CCNC2=C(C#N)C#N)o1.Cl. The number of rotatable bonds is 9. The summed E-state index contributed by atoms with van der Waals surface area (Å²) in [7, 11) is 0. The molecular weight excluding hydrogens is 352 g/mol. The molecule has 0 bridgehead atoms. The van der Waals surface area contributed by atoms with Crippen LogP contribution in [-0.4, -0.2) is 49.1 Å². The zero-order valence-corrected chi connectivity index (χ0v) is 16.2. The van der Waals surface area contributed by atoms with E-state index in [1.165, 1.54) is 0 Å². The van der Waals surface area contributed by atoms with Crippen LogP contribution in [0.1, 0.15) is 25.4 Å². The molecule has 0 aliphatic carbocycles. The lowest BCUT2D eigenvalue weighted by molar-refractivity contribution is 0.264. The van der Waals surface area contributed by atoms with Crippen LogP contribution in [0.4, 0.5) is 0 Å². The largest absolute Gasteiger partial charge is 0.463 e.